The smallest absolute Gasteiger partial charge is 0.108 e. The highest BCUT2D eigenvalue weighted by Gasteiger charge is 2.02. The molecule has 0 saturated carbocycles. The largest absolute Gasteiger partial charge is 0.390 e. The van der Waals surface area contributed by atoms with E-state index in [4.69, 9.17) is 5.11 Å². The third-order valence-corrected chi connectivity index (χ3v) is 1.51. The van der Waals surface area contributed by atoms with Gasteiger partial charge in [0.2, 0.25) is 0 Å². The SMILES string of the molecule is [O]CC(O)Cc1ccccc1. The quantitative estimate of drug-likeness (QED) is 0.688. The average molecular weight is 151 g/mol. The summed E-state index contributed by atoms with van der Waals surface area (Å²) in [5.74, 6) is 0. The highest BCUT2D eigenvalue weighted by molar-refractivity contribution is 5.15. The van der Waals surface area contributed by atoms with E-state index in [2.05, 4.69) is 0 Å². The van der Waals surface area contributed by atoms with Crippen molar-refractivity contribution in [3.8, 4) is 0 Å². The van der Waals surface area contributed by atoms with Gasteiger partial charge in [-0.2, -0.15) is 0 Å². The van der Waals surface area contributed by atoms with Crippen LogP contribution < -0.4 is 0 Å². The Bertz CT molecular complexity index is 196. The Morgan fingerprint density at radius 2 is 1.91 bits per heavy atom. The Hall–Kier alpha value is -0.860. The minimum atomic E-state index is -0.739. The molecule has 59 valence electrons. The van der Waals surface area contributed by atoms with E-state index in [1.807, 2.05) is 30.3 Å². The number of hydrogen-bond acceptors (Lipinski definition) is 1. The van der Waals surface area contributed by atoms with Crippen LogP contribution in [0.25, 0.3) is 0 Å². The standard InChI is InChI=1S/C9H11O2/c10-7-9(11)6-8-4-2-1-3-5-8/h1-5,9,11H,6-7H2. The topological polar surface area (TPSA) is 40.1 Å². The van der Waals surface area contributed by atoms with Crippen molar-refractivity contribution in [1.82, 2.24) is 0 Å². The molecule has 1 rings (SSSR count). The van der Waals surface area contributed by atoms with Crippen LogP contribution in [0.3, 0.4) is 0 Å². The first-order valence-electron chi connectivity index (χ1n) is 3.63. The second kappa shape index (κ2) is 4.11. The summed E-state index contributed by atoms with van der Waals surface area (Å²) < 4.78 is 0. The fourth-order valence-electron chi connectivity index (χ4n) is 0.945. The van der Waals surface area contributed by atoms with Gasteiger partial charge in [0, 0.05) is 6.42 Å². The van der Waals surface area contributed by atoms with Gasteiger partial charge < -0.3 is 5.11 Å². The van der Waals surface area contributed by atoms with E-state index >= 15 is 0 Å². The van der Waals surface area contributed by atoms with Crippen LogP contribution in [0.15, 0.2) is 30.3 Å². The molecule has 1 N–H and O–H groups in total. The summed E-state index contributed by atoms with van der Waals surface area (Å²) in [4.78, 5) is 0. The van der Waals surface area contributed by atoms with Gasteiger partial charge in [0.05, 0.1) is 6.10 Å². The van der Waals surface area contributed by atoms with Crippen molar-refractivity contribution in [2.75, 3.05) is 6.61 Å². The molecule has 11 heavy (non-hydrogen) atoms. The van der Waals surface area contributed by atoms with Crippen LogP contribution >= 0.6 is 0 Å². The molecule has 1 aromatic carbocycles. The van der Waals surface area contributed by atoms with E-state index < -0.39 is 12.7 Å². The average Bonchev–Trinajstić information content (AvgIpc) is 2.06. The summed E-state index contributed by atoms with van der Waals surface area (Å²) in [6.45, 7) is -0.422. The summed E-state index contributed by atoms with van der Waals surface area (Å²) in [7, 11) is 0. The lowest BCUT2D eigenvalue weighted by Crippen LogP contribution is -2.13. The number of benzene rings is 1. The predicted molar refractivity (Wildman–Crippen MR) is 41.7 cm³/mol. The molecule has 0 aliphatic carbocycles. The first kappa shape index (κ1) is 8.24. The zero-order valence-corrected chi connectivity index (χ0v) is 6.23. The lowest BCUT2D eigenvalue weighted by molar-refractivity contribution is 0.0558. The minimum absolute atomic E-state index is 0.422. The first-order valence-corrected chi connectivity index (χ1v) is 3.63. The zero-order chi connectivity index (χ0) is 8.10. The van der Waals surface area contributed by atoms with Gasteiger partial charge in [0.25, 0.3) is 0 Å². The van der Waals surface area contributed by atoms with Crippen molar-refractivity contribution in [2.24, 2.45) is 0 Å². The molecule has 0 spiro atoms. The summed E-state index contributed by atoms with van der Waals surface area (Å²) >= 11 is 0. The molecule has 2 heteroatoms. The van der Waals surface area contributed by atoms with Crippen LogP contribution in [0.4, 0.5) is 0 Å². The lowest BCUT2D eigenvalue weighted by Gasteiger charge is -2.04. The van der Waals surface area contributed by atoms with E-state index in [1.165, 1.54) is 0 Å². The van der Waals surface area contributed by atoms with Crippen LogP contribution in [0.1, 0.15) is 5.56 Å². The molecule has 1 unspecified atom stereocenters. The van der Waals surface area contributed by atoms with Crippen molar-refractivity contribution in [1.29, 1.82) is 0 Å². The number of aliphatic hydroxyl groups excluding tert-OH is 1. The number of aliphatic hydroxyl groups is 1. The van der Waals surface area contributed by atoms with Crippen LogP contribution in [-0.4, -0.2) is 17.8 Å². The van der Waals surface area contributed by atoms with E-state index in [1.54, 1.807) is 0 Å². The molecule has 0 aliphatic heterocycles. The number of hydrogen-bond donors (Lipinski definition) is 1. The Balaban J connectivity index is 2.51. The second-order valence-corrected chi connectivity index (χ2v) is 2.51. The summed E-state index contributed by atoms with van der Waals surface area (Å²) in [6, 6.07) is 9.50. The van der Waals surface area contributed by atoms with Gasteiger partial charge in [-0.3, -0.25) is 0 Å². The molecule has 0 amide bonds. The summed E-state index contributed by atoms with van der Waals surface area (Å²) in [5.41, 5.74) is 1.01. The highest BCUT2D eigenvalue weighted by atomic mass is 16.3. The maximum Gasteiger partial charge on any atom is 0.108 e. The molecule has 0 heterocycles. The van der Waals surface area contributed by atoms with Crippen LogP contribution in [0.5, 0.6) is 0 Å². The molecule has 0 aliphatic rings. The third-order valence-electron chi connectivity index (χ3n) is 1.51. The van der Waals surface area contributed by atoms with Gasteiger partial charge >= 0.3 is 0 Å². The highest BCUT2D eigenvalue weighted by Crippen LogP contribution is 2.01. The molecular formula is C9H11O2. The summed E-state index contributed by atoms with van der Waals surface area (Å²) in [5, 5.41) is 19.2. The normalized spacial score (nSPS) is 12.9. The molecular weight excluding hydrogens is 140 g/mol. The van der Waals surface area contributed by atoms with E-state index in [-0.39, 0.29) is 0 Å². The molecule has 1 atom stereocenters. The fourth-order valence-corrected chi connectivity index (χ4v) is 0.945. The van der Waals surface area contributed by atoms with Crippen molar-refractivity contribution in [3.63, 3.8) is 0 Å². The molecule has 0 saturated heterocycles. The van der Waals surface area contributed by atoms with E-state index in [0.29, 0.717) is 6.42 Å². The Kier molecular flexibility index (Phi) is 3.08. The molecule has 2 nitrogen and oxygen atoms in total. The Labute approximate surface area is 66.1 Å². The van der Waals surface area contributed by atoms with Crippen LogP contribution in [-0.2, 0) is 11.5 Å². The Morgan fingerprint density at radius 1 is 1.27 bits per heavy atom. The third kappa shape index (κ3) is 2.70. The first-order chi connectivity index (χ1) is 5.33. The fraction of sp³-hybridized carbons (Fsp3) is 0.333. The van der Waals surface area contributed by atoms with E-state index in [9.17, 15) is 5.11 Å². The molecule has 0 fully saturated rings. The van der Waals surface area contributed by atoms with Gasteiger partial charge in [-0.1, -0.05) is 30.3 Å². The van der Waals surface area contributed by atoms with Gasteiger partial charge in [-0.05, 0) is 5.56 Å². The van der Waals surface area contributed by atoms with Gasteiger partial charge in [-0.15, -0.1) is 0 Å². The summed E-state index contributed by atoms with van der Waals surface area (Å²) in [6.07, 6.45) is -0.276. The maximum absolute atomic E-state index is 10.2. The van der Waals surface area contributed by atoms with Crippen molar-refractivity contribution in [2.45, 2.75) is 12.5 Å². The molecule has 0 aromatic heterocycles. The predicted octanol–water partition coefficient (Wildman–Crippen LogP) is 1.02. The Morgan fingerprint density at radius 3 is 2.45 bits per heavy atom. The van der Waals surface area contributed by atoms with Gasteiger partial charge in [0.15, 0.2) is 0 Å². The van der Waals surface area contributed by atoms with Crippen molar-refractivity contribution < 1.29 is 10.2 Å². The lowest BCUT2D eigenvalue weighted by atomic mass is 10.1. The molecule has 1 aromatic rings. The monoisotopic (exact) mass is 151 g/mol. The molecule has 1 radical (unpaired) electrons. The van der Waals surface area contributed by atoms with Crippen LogP contribution in [0.2, 0.25) is 0 Å². The minimum Gasteiger partial charge on any atom is -0.390 e. The van der Waals surface area contributed by atoms with Crippen molar-refractivity contribution >= 4 is 0 Å². The second-order valence-electron chi connectivity index (χ2n) is 2.51. The molecule has 0 bridgehead atoms. The zero-order valence-electron chi connectivity index (χ0n) is 6.23. The van der Waals surface area contributed by atoms with Crippen molar-refractivity contribution in [3.05, 3.63) is 35.9 Å². The van der Waals surface area contributed by atoms with Crippen LogP contribution in [0, 0.1) is 0 Å². The van der Waals surface area contributed by atoms with Gasteiger partial charge in [0.1, 0.15) is 6.61 Å². The number of rotatable bonds is 3. The maximum atomic E-state index is 10.2. The van der Waals surface area contributed by atoms with E-state index in [0.717, 1.165) is 5.56 Å². The van der Waals surface area contributed by atoms with Gasteiger partial charge in [-0.25, -0.2) is 5.11 Å².